The number of allylic oxidation sites excluding steroid dienone is 1. The monoisotopic (exact) mass is 272 g/mol. The zero-order chi connectivity index (χ0) is 14.4. The lowest BCUT2D eigenvalue weighted by molar-refractivity contribution is -0.134. The van der Waals surface area contributed by atoms with E-state index in [9.17, 15) is 4.79 Å². The van der Waals surface area contributed by atoms with Gasteiger partial charge in [0.15, 0.2) is 0 Å². The fourth-order valence-corrected chi connectivity index (χ4v) is 2.20. The first-order valence-electron chi connectivity index (χ1n) is 6.78. The molecule has 3 nitrogen and oxygen atoms in total. The summed E-state index contributed by atoms with van der Waals surface area (Å²) in [6.45, 7) is 3.46. The van der Waals surface area contributed by atoms with Crippen LogP contribution in [0.1, 0.15) is 17.5 Å². The Labute approximate surface area is 119 Å². The van der Waals surface area contributed by atoms with Crippen LogP contribution in [0.4, 0.5) is 0 Å². The smallest absolute Gasteiger partial charge is 0.330 e. The molecule has 1 heterocycles. The molecule has 0 N–H and O–H groups in total. The number of aryl methyl sites for hydroxylation is 1. The van der Waals surface area contributed by atoms with Crippen LogP contribution in [0.2, 0.25) is 0 Å². The third-order valence-corrected chi connectivity index (χ3v) is 3.42. The van der Waals surface area contributed by atoms with Gasteiger partial charge in [-0.15, -0.1) is 0 Å². The molecule has 1 aromatic carbocycles. The van der Waals surface area contributed by atoms with Crippen molar-refractivity contribution >= 4 is 12.0 Å². The number of rotatable bonds is 4. The number of carbonyl (C=O) groups is 1. The Balaban J connectivity index is 2.01. The van der Waals surface area contributed by atoms with Crippen molar-refractivity contribution in [1.29, 1.82) is 0 Å². The lowest BCUT2D eigenvalue weighted by Crippen LogP contribution is -2.01. The third-order valence-electron chi connectivity index (χ3n) is 3.42. The third kappa shape index (κ3) is 4.07. The summed E-state index contributed by atoms with van der Waals surface area (Å²) < 4.78 is 10.1. The van der Waals surface area contributed by atoms with Gasteiger partial charge < -0.3 is 9.47 Å². The van der Waals surface area contributed by atoms with Gasteiger partial charge in [0.25, 0.3) is 0 Å². The topological polar surface area (TPSA) is 35.5 Å². The van der Waals surface area contributed by atoms with Gasteiger partial charge in [-0.3, -0.25) is 0 Å². The molecule has 0 aliphatic carbocycles. The Morgan fingerprint density at radius 2 is 2.15 bits per heavy atom. The highest BCUT2D eigenvalue weighted by molar-refractivity contribution is 5.81. The molecule has 0 unspecified atom stereocenters. The van der Waals surface area contributed by atoms with Crippen molar-refractivity contribution in [3.8, 4) is 0 Å². The van der Waals surface area contributed by atoms with Gasteiger partial charge in [-0.05, 0) is 24.5 Å². The Morgan fingerprint density at radius 1 is 1.40 bits per heavy atom. The minimum absolute atomic E-state index is 0.312. The van der Waals surface area contributed by atoms with Gasteiger partial charge in [-0.2, -0.15) is 0 Å². The van der Waals surface area contributed by atoms with Gasteiger partial charge >= 0.3 is 5.97 Å². The highest BCUT2D eigenvalue weighted by Gasteiger charge is 2.20. The van der Waals surface area contributed by atoms with E-state index in [0.717, 1.165) is 6.42 Å². The molecule has 2 rings (SSSR count). The summed E-state index contributed by atoms with van der Waals surface area (Å²) in [5.74, 6) is 0.0326. The summed E-state index contributed by atoms with van der Waals surface area (Å²) in [7, 11) is 1.38. The molecule has 0 saturated carbocycles. The van der Waals surface area contributed by atoms with Crippen molar-refractivity contribution in [2.75, 3.05) is 20.3 Å². The van der Waals surface area contributed by atoms with E-state index in [1.165, 1.54) is 29.9 Å². The number of carbonyl (C=O) groups excluding carboxylic acids is 1. The van der Waals surface area contributed by atoms with Crippen molar-refractivity contribution in [2.45, 2.75) is 13.3 Å². The van der Waals surface area contributed by atoms with Gasteiger partial charge in [0.05, 0.1) is 20.3 Å². The molecule has 20 heavy (non-hydrogen) atoms. The first-order valence-corrected chi connectivity index (χ1v) is 6.78. The maximum absolute atomic E-state index is 11.0. The molecule has 3 heteroatoms. The molecule has 1 aromatic rings. The summed E-state index contributed by atoms with van der Waals surface area (Å²) in [6.07, 6.45) is 6.31. The fourth-order valence-electron chi connectivity index (χ4n) is 2.20. The molecule has 0 bridgehead atoms. The SMILES string of the molecule is COC(=O)/C=C/C[C@H]1COC/C1=C\c1ccc(C)cc1. The second kappa shape index (κ2) is 7.06. The van der Waals surface area contributed by atoms with Crippen molar-refractivity contribution < 1.29 is 14.3 Å². The second-order valence-electron chi connectivity index (χ2n) is 5.00. The number of hydrogen-bond donors (Lipinski definition) is 0. The van der Waals surface area contributed by atoms with Crippen LogP contribution in [0, 0.1) is 12.8 Å². The zero-order valence-corrected chi connectivity index (χ0v) is 12.0. The van der Waals surface area contributed by atoms with Crippen LogP contribution in [0.25, 0.3) is 6.08 Å². The van der Waals surface area contributed by atoms with Crippen LogP contribution < -0.4 is 0 Å². The zero-order valence-electron chi connectivity index (χ0n) is 12.0. The predicted octanol–water partition coefficient (Wildman–Crippen LogP) is 3.14. The maximum atomic E-state index is 11.0. The van der Waals surface area contributed by atoms with E-state index in [4.69, 9.17) is 4.74 Å². The van der Waals surface area contributed by atoms with Crippen LogP contribution in [0.15, 0.2) is 42.0 Å². The Morgan fingerprint density at radius 3 is 2.85 bits per heavy atom. The van der Waals surface area contributed by atoms with E-state index in [0.29, 0.717) is 19.1 Å². The van der Waals surface area contributed by atoms with E-state index in [-0.39, 0.29) is 5.97 Å². The molecule has 1 fully saturated rings. The van der Waals surface area contributed by atoms with Gasteiger partial charge in [0.2, 0.25) is 0 Å². The average Bonchev–Trinajstić information content (AvgIpc) is 2.88. The number of ether oxygens (including phenoxy) is 2. The molecular weight excluding hydrogens is 252 g/mol. The van der Waals surface area contributed by atoms with E-state index in [1.807, 2.05) is 6.08 Å². The van der Waals surface area contributed by atoms with Crippen LogP contribution in [0.5, 0.6) is 0 Å². The van der Waals surface area contributed by atoms with Crippen LogP contribution in [-0.4, -0.2) is 26.3 Å². The molecule has 1 aliphatic rings. The van der Waals surface area contributed by atoms with Gasteiger partial charge in [0, 0.05) is 12.0 Å². The standard InChI is InChI=1S/C17H20O3/c1-13-6-8-14(9-7-13)10-16-12-20-11-15(16)4-3-5-17(18)19-2/h3,5-10,15H,4,11-12H2,1-2H3/b5-3+,16-10+/t15-/m0/s1. The minimum atomic E-state index is -0.312. The lowest BCUT2D eigenvalue weighted by Gasteiger charge is -2.07. The molecule has 1 aliphatic heterocycles. The van der Waals surface area contributed by atoms with E-state index < -0.39 is 0 Å². The molecule has 1 saturated heterocycles. The van der Waals surface area contributed by atoms with E-state index in [1.54, 1.807) is 0 Å². The summed E-state index contributed by atoms with van der Waals surface area (Å²) in [4.78, 5) is 11.0. The summed E-state index contributed by atoms with van der Waals surface area (Å²) in [5.41, 5.74) is 3.73. The van der Waals surface area contributed by atoms with Crippen molar-refractivity contribution in [2.24, 2.45) is 5.92 Å². The Bertz CT molecular complexity index is 512. The molecule has 106 valence electrons. The largest absolute Gasteiger partial charge is 0.466 e. The molecule has 0 spiro atoms. The van der Waals surface area contributed by atoms with E-state index >= 15 is 0 Å². The first kappa shape index (κ1) is 14.5. The molecule has 0 aromatic heterocycles. The molecular formula is C17H20O3. The Kier molecular flexibility index (Phi) is 5.13. The van der Waals surface area contributed by atoms with Crippen LogP contribution >= 0.6 is 0 Å². The van der Waals surface area contributed by atoms with Gasteiger partial charge in [-0.25, -0.2) is 4.79 Å². The number of hydrogen-bond acceptors (Lipinski definition) is 3. The number of benzene rings is 1. The average molecular weight is 272 g/mol. The van der Waals surface area contributed by atoms with Crippen LogP contribution in [0.3, 0.4) is 0 Å². The molecule has 1 atom stereocenters. The second-order valence-corrected chi connectivity index (χ2v) is 5.00. The van der Waals surface area contributed by atoms with Crippen molar-refractivity contribution in [3.63, 3.8) is 0 Å². The Hall–Kier alpha value is -1.87. The molecule has 0 amide bonds. The quantitative estimate of drug-likeness (QED) is 0.624. The van der Waals surface area contributed by atoms with Gasteiger partial charge in [-0.1, -0.05) is 42.0 Å². The summed E-state index contributed by atoms with van der Waals surface area (Å²) in [6, 6.07) is 8.44. The molecule has 0 radical (unpaired) electrons. The maximum Gasteiger partial charge on any atom is 0.330 e. The van der Waals surface area contributed by atoms with Crippen molar-refractivity contribution in [1.82, 2.24) is 0 Å². The normalized spacial score (nSPS) is 20.7. The highest BCUT2D eigenvalue weighted by atomic mass is 16.5. The fraction of sp³-hybridized carbons (Fsp3) is 0.353. The summed E-state index contributed by atoms with van der Waals surface area (Å²) in [5, 5.41) is 0. The first-order chi connectivity index (χ1) is 9.69. The lowest BCUT2D eigenvalue weighted by atomic mass is 9.96. The summed E-state index contributed by atoms with van der Waals surface area (Å²) >= 11 is 0. The number of methoxy groups -OCH3 is 1. The predicted molar refractivity (Wildman–Crippen MR) is 79.2 cm³/mol. The van der Waals surface area contributed by atoms with Crippen molar-refractivity contribution in [3.05, 3.63) is 53.1 Å². The van der Waals surface area contributed by atoms with Gasteiger partial charge in [0.1, 0.15) is 0 Å². The van der Waals surface area contributed by atoms with Crippen LogP contribution in [-0.2, 0) is 14.3 Å². The van der Waals surface area contributed by atoms with E-state index in [2.05, 4.69) is 42.0 Å². The number of esters is 1. The minimum Gasteiger partial charge on any atom is -0.466 e. The highest BCUT2D eigenvalue weighted by Crippen LogP contribution is 2.25.